The summed E-state index contributed by atoms with van der Waals surface area (Å²) in [4.78, 5) is 10.9. The lowest BCUT2D eigenvalue weighted by molar-refractivity contribution is -0.140. The molecule has 1 N–H and O–H groups in total. The van der Waals surface area contributed by atoms with Gasteiger partial charge in [0.15, 0.2) is 0 Å². The summed E-state index contributed by atoms with van der Waals surface area (Å²) in [6.45, 7) is 2.00. The molecule has 3 nitrogen and oxygen atoms in total. The Labute approximate surface area is 94.8 Å². The van der Waals surface area contributed by atoms with Crippen LogP contribution in [0.1, 0.15) is 38.4 Å². The predicted molar refractivity (Wildman–Crippen MR) is 60.9 cm³/mol. The minimum atomic E-state index is -0.716. The van der Waals surface area contributed by atoms with Crippen molar-refractivity contribution in [2.75, 3.05) is 0 Å². The van der Waals surface area contributed by atoms with Crippen molar-refractivity contribution in [1.82, 2.24) is 0 Å². The lowest BCUT2D eigenvalue weighted by atomic mass is 9.62. The number of hydrogen-bond acceptors (Lipinski definition) is 2. The number of hydrogen-bond donors (Lipinski definition) is 1. The Morgan fingerprint density at radius 1 is 1.62 bits per heavy atom. The molecule has 0 aromatic carbocycles. The van der Waals surface area contributed by atoms with E-state index in [1.54, 1.807) is 6.26 Å². The Morgan fingerprint density at radius 2 is 2.38 bits per heavy atom. The molecular formula is C13H16O3. The SMILES string of the molecule is C/C(=C\c1ccco1)C1(CC(=O)O)CCC1. The van der Waals surface area contributed by atoms with Crippen LogP contribution in [0, 0.1) is 5.41 Å². The lowest BCUT2D eigenvalue weighted by Gasteiger charge is -2.42. The van der Waals surface area contributed by atoms with Crippen molar-refractivity contribution in [2.45, 2.75) is 32.6 Å². The maximum Gasteiger partial charge on any atom is 0.304 e. The lowest BCUT2D eigenvalue weighted by Crippen LogP contribution is -2.33. The van der Waals surface area contributed by atoms with Crippen LogP contribution in [0.5, 0.6) is 0 Å². The van der Waals surface area contributed by atoms with Gasteiger partial charge in [0.25, 0.3) is 0 Å². The van der Waals surface area contributed by atoms with Crippen LogP contribution in [0.4, 0.5) is 0 Å². The van der Waals surface area contributed by atoms with E-state index in [1.807, 2.05) is 25.1 Å². The highest BCUT2D eigenvalue weighted by Crippen LogP contribution is 2.50. The second kappa shape index (κ2) is 4.16. The van der Waals surface area contributed by atoms with Gasteiger partial charge in [-0.1, -0.05) is 12.0 Å². The van der Waals surface area contributed by atoms with E-state index < -0.39 is 5.97 Å². The molecule has 1 aliphatic rings. The van der Waals surface area contributed by atoms with Gasteiger partial charge in [-0.25, -0.2) is 0 Å². The fraction of sp³-hybridized carbons (Fsp3) is 0.462. The molecule has 1 aromatic rings. The van der Waals surface area contributed by atoms with Crippen molar-refractivity contribution in [2.24, 2.45) is 5.41 Å². The quantitative estimate of drug-likeness (QED) is 0.846. The molecule has 1 saturated carbocycles. The molecular weight excluding hydrogens is 204 g/mol. The van der Waals surface area contributed by atoms with Crippen LogP contribution >= 0.6 is 0 Å². The van der Waals surface area contributed by atoms with Crippen molar-refractivity contribution >= 4 is 12.0 Å². The first-order chi connectivity index (χ1) is 7.62. The molecule has 1 aliphatic carbocycles. The normalized spacial score (nSPS) is 19.2. The van der Waals surface area contributed by atoms with E-state index in [2.05, 4.69) is 0 Å². The van der Waals surface area contributed by atoms with E-state index in [1.165, 1.54) is 0 Å². The zero-order valence-corrected chi connectivity index (χ0v) is 9.40. The van der Waals surface area contributed by atoms with Crippen LogP contribution in [-0.4, -0.2) is 11.1 Å². The van der Waals surface area contributed by atoms with Gasteiger partial charge in [-0.15, -0.1) is 0 Å². The molecule has 0 aliphatic heterocycles. The topological polar surface area (TPSA) is 50.4 Å². The van der Waals surface area contributed by atoms with Gasteiger partial charge in [-0.3, -0.25) is 4.79 Å². The first-order valence-corrected chi connectivity index (χ1v) is 5.56. The summed E-state index contributed by atoms with van der Waals surface area (Å²) in [5.74, 6) is 0.0843. The smallest absolute Gasteiger partial charge is 0.304 e. The van der Waals surface area contributed by atoms with Crippen molar-refractivity contribution in [1.29, 1.82) is 0 Å². The molecule has 1 fully saturated rings. The molecule has 1 heterocycles. The maximum absolute atomic E-state index is 10.9. The summed E-state index contributed by atoms with van der Waals surface area (Å²) in [6, 6.07) is 3.72. The van der Waals surface area contributed by atoms with Crippen molar-refractivity contribution < 1.29 is 14.3 Å². The summed E-state index contributed by atoms with van der Waals surface area (Å²) in [5.41, 5.74) is 0.995. The number of carbonyl (C=O) groups is 1. The second-order valence-corrected chi connectivity index (χ2v) is 4.55. The highest BCUT2D eigenvalue weighted by Gasteiger charge is 2.40. The highest BCUT2D eigenvalue weighted by atomic mass is 16.4. The largest absolute Gasteiger partial charge is 0.481 e. The van der Waals surface area contributed by atoms with Crippen LogP contribution in [0.2, 0.25) is 0 Å². The van der Waals surface area contributed by atoms with Gasteiger partial charge >= 0.3 is 5.97 Å². The summed E-state index contributed by atoms with van der Waals surface area (Å²) in [5, 5.41) is 8.94. The zero-order chi connectivity index (χ0) is 11.6. The van der Waals surface area contributed by atoms with Gasteiger partial charge in [0.2, 0.25) is 0 Å². The monoisotopic (exact) mass is 220 g/mol. The van der Waals surface area contributed by atoms with Crippen LogP contribution in [0.25, 0.3) is 6.08 Å². The minimum Gasteiger partial charge on any atom is -0.481 e. The molecule has 1 aromatic heterocycles. The van der Waals surface area contributed by atoms with Crippen molar-refractivity contribution in [3.63, 3.8) is 0 Å². The Kier molecular flexibility index (Phi) is 2.86. The molecule has 86 valence electrons. The second-order valence-electron chi connectivity index (χ2n) is 4.55. The number of furan rings is 1. The highest BCUT2D eigenvalue weighted by molar-refractivity contribution is 5.69. The zero-order valence-electron chi connectivity index (χ0n) is 9.40. The van der Waals surface area contributed by atoms with Gasteiger partial charge in [0.1, 0.15) is 5.76 Å². The van der Waals surface area contributed by atoms with Crippen LogP contribution in [0.15, 0.2) is 28.4 Å². The Balaban J connectivity index is 2.18. The Hall–Kier alpha value is -1.51. The number of rotatable bonds is 4. The van der Waals surface area contributed by atoms with Gasteiger partial charge in [-0.05, 0) is 38.0 Å². The van der Waals surface area contributed by atoms with Crippen LogP contribution in [-0.2, 0) is 4.79 Å². The Morgan fingerprint density at radius 3 is 2.81 bits per heavy atom. The third-order valence-corrected chi connectivity index (χ3v) is 3.54. The fourth-order valence-corrected chi connectivity index (χ4v) is 2.34. The van der Waals surface area contributed by atoms with Crippen LogP contribution in [0.3, 0.4) is 0 Å². The number of carboxylic acids is 1. The maximum atomic E-state index is 10.9. The van der Waals surface area contributed by atoms with E-state index in [0.29, 0.717) is 0 Å². The third kappa shape index (κ3) is 2.03. The van der Waals surface area contributed by atoms with E-state index in [-0.39, 0.29) is 11.8 Å². The molecule has 0 amide bonds. The average Bonchev–Trinajstić information content (AvgIpc) is 2.63. The summed E-state index contributed by atoms with van der Waals surface area (Å²) >= 11 is 0. The molecule has 0 atom stereocenters. The molecule has 0 radical (unpaired) electrons. The van der Waals surface area contributed by atoms with Crippen molar-refractivity contribution in [3.8, 4) is 0 Å². The van der Waals surface area contributed by atoms with Gasteiger partial charge < -0.3 is 9.52 Å². The fourth-order valence-electron chi connectivity index (χ4n) is 2.34. The molecule has 0 spiro atoms. The molecule has 3 heteroatoms. The first kappa shape index (κ1) is 11.0. The molecule has 16 heavy (non-hydrogen) atoms. The van der Waals surface area contributed by atoms with Gasteiger partial charge in [0.05, 0.1) is 12.7 Å². The van der Waals surface area contributed by atoms with Gasteiger partial charge in [-0.2, -0.15) is 0 Å². The van der Waals surface area contributed by atoms with Gasteiger partial charge in [0, 0.05) is 5.41 Å². The van der Waals surface area contributed by atoms with Crippen LogP contribution < -0.4 is 0 Å². The molecule has 0 bridgehead atoms. The molecule has 0 saturated heterocycles. The van der Waals surface area contributed by atoms with E-state index >= 15 is 0 Å². The number of carboxylic acid groups (broad SMARTS) is 1. The van der Waals surface area contributed by atoms with E-state index in [9.17, 15) is 4.79 Å². The third-order valence-electron chi connectivity index (χ3n) is 3.54. The number of aliphatic carboxylic acids is 1. The number of allylic oxidation sites excluding steroid dienone is 1. The molecule has 0 unspecified atom stereocenters. The summed E-state index contributed by atoms with van der Waals surface area (Å²) < 4.78 is 5.25. The van der Waals surface area contributed by atoms with E-state index in [0.717, 1.165) is 30.6 Å². The Bertz CT molecular complexity index is 397. The minimum absolute atomic E-state index is 0.126. The van der Waals surface area contributed by atoms with E-state index in [4.69, 9.17) is 9.52 Å². The first-order valence-electron chi connectivity index (χ1n) is 5.56. The summed E-state index contributed by atoms with van der Waals surface area (Å²) in [6.07, 6.45) is 6.89. The van der Waals surface area contributed by atoms with Crippen molar-refractivity contribution in [3.05, 3.63) is 29.7 Å². The summed E-state index contributed by atoms with van der Waals surface area (Å²) in [7, 11) is 0. The molecule has 2 rings (SSSR count). The standard InChI is InChI=1S/C13H16O3/c1-10(8-11-4-2-7-16-11)13(5-3-6-13)9-12(14)15/h2,4,7-8H,3,5-6,9H2,1H3,(H,14,15)/b10-8+. The predicted octanol–water partition coefficient (Wildman–Crippen LogP) is 3.33. The average molecular weight is 220 g/mol.